The van der Waals surface area contributed by atoms with Crippen molar-refractivity contribution in [3.63, 3.8) is 0 Å². The van der Waals surface area contributed by atoms with Gasteiger partial charge in [0.05, 0.1) is 14.2 Å². The van der Waals surface area contributed by atoms with Crippen molar-refractivity contribution in [2.45, 2.75) is 6.92 Å². The van der Waals surface area contributed by atoms with Crippen LogP contribution in [0.1, 0.15) is 5.56 Å². The van der Waals surface area contributed by atoms with Gasteiger partial charge in [0.1, 0.15) is 6.54 Å². The van der Waals surface area contributed by atoms with Gasteiger partial charge in [0.25, 0.3) is 0 Å². The standard InChI is InChI=1S/C20H22ClN3O4/c1-13-4-5-14(21)10-16(13)22-19(25)12-23-8-9-24(20(23)26)15-6-7-17(27-2)18(11-15)28-3/h4-7,10-11H,8-9,12H2,1-3H3,(H,22,25). The lowest BCUT2D eigenvalue weighted by Gasteiger charge is -2.20. The van der Waals surface area contributed by atoms with Gasteiger partial charge in [0.2, 0.25) is 5.91 Å². The number of methoxy groups -OCH3 is 2. The highest BCUT2D eigenvalue weighted by Crippen LogP contribution is 2.32. The Balaban J connectivity index is 1.67. The fourth-order valence-electron chi connectivity index (χ4n) is 3.05. The van der Waals surface area contributed by atoms with Crippen LogP contribution < -0.4 is 19.7 Å². The largest absolute Gasteiger partial charge is 0.493 e. The highest BCUT2D eigenvalue weighted by Gasteiger charge is 2.31. The van der Waals surface area contributed by atoms with E-state index in [1.54, 1.807) is 49.5 Å². The Hall–Kier alpha value is -2.93. The lowest BCUT2D eigenvalue weighted by molar-refractivity contribution is -0.116. The van der Waals surface area contributed by atoms with Gasteiger partial charge in [-0.3, -0.25) is 9.69 Å². The molecule has 1 aliphatic rings. The number of carbonyl (C=O) groups is 2. The van der Waals surface area contributed by atoms with E-state index in [2.05, 4.69) is 5.32 Å². The molecule has 2 aromatic rings. The summed E-state index contributed by atoms with van der Waals surface area (Å²) in [5, 5.41) is 3.35. The summed E-state index contributed by atoms with van der Waals surface area (Å²) in [4.78, 5) is 28.3. The number of anilines is 2. The SMILES string of the molecule is COc1ccc(N2CCN(CC(=O)Nc3cc(Cl)ccc3C)C2=O)cc1OC. The summed E-state index contributed by atoms with van der Waals surface area (Å²) in [7, 11) is 3.10. The Kier molecular flexibility index (Phi) is 5.94. The molecule has 28 heavy (non-hydrogen) atoms. The molecule has 1 fully saturated rings. The zero-order valence-electron chi connectivity index (χ0n) is 16.0. The molecule has 0 radical (unpaired) electrons. The van der Waals surface area contributed by atoms with E-state index in [0.717, 1.165) is 5.56 Å². The first-order valence-electron chi connectivity index (χ1n) is 8.77. The first-order chi connectivity index (χ1) is 13.4. The van der Waals surface area contributed by atoms with Gasteiger partial charge in [-0.2, -0.15) is 0 Å². The number of hydrogen-bond acceptors (Lipinski definition) is 4. The van der Waals surface area contributed by atoms with E-state index in [1.807, 2.05) is 13.0 Å². The van der Waals surface area contributed by atoms with Crippen LogP contribution in [0.3, 0.4) is 0 Å². The molecular weight excluding hydrogens is 382 g/mol. The molecule has 148 valence electrons. The molecule has 0 bridgehead atoms. The Bertz CT molecular complexity index is 903. The van der Waals surface area contributed by atoms with Gasteiger partial charge in [-0.25, -0.2) is 4.79 Å². The zero-order chi connectivity index (χ0) is 20.3. The molecular formula is C20H22ClN3O4. The zero-order valence-corrected chi connectivity index (χ0v) is 16.7. The van der Waals surface area contributed by atoms with Crippen LogP contribution >= 0.6 is 11.6 Å². The van der Waals surface area contributed by atoms with Gasteiger partial charge >= 0.3 is 6.03 Å². The Morgan fingerprint density at radius 3 is 2.57 bits per heavy atom. The molecule has 3 rings (SSSR count). The molecule has 0 aromatic heterocycles. The highest BCUT2D eigenvalue weighted by molar-refractivity contribution is 6.31. The van der Waals surface area contributed by atoms with Gasteiger partial charge < -0.3 is 19.7 Å². The summed E-state index contributed by atoms with van der Waals surface area (Å²) in [5.74, 6) is 0.860. The fraction of sp³-hybridized carbons (Fsp3) is 0.300. The minimum absolute atomic E-state index is 0.0332. The summed E-state index contributed by atoms with van der Waals surface area (Å²) >= 11 is 5.99. The number of rotatable bonds is 6. The van der Waals surface area contributed by atoms with Crippen LogP contribution in [0.2, 0.25) is 5.02 Å². The summed E-state index contributed by atoms with van der Waals surface area (Å²) in [6, 6.07) is 10.3. The second kappa shape index (κ2) is 8.39. The van der Waals surface area contributed by atoms with Crippen LogP contribution in [0.25, 0.3) is 0 Å². The van der Waals surface area contributed by atoms with Crippen molar-refractivity contribution in [2.24, 2.45) is 0 Å². The third kappa shape index (κ3) is 4.14. The van der Waals surface area contributed by atoms with E-state index in [4.69, 9.17) is 21.1 Å². The van der Waals surface area contributed by atoms with Crippen molar-refractivity contribution in [1.82, 2.24) is 4.90 Å². The van der Waals surface area contributed by atoms with E-state index in [1.165, 1.54) is 4.90 Å². The van der Waals surface area contributed by atoms with Crippen LogP contribution in [0.15, 0.2) is 36.4 Å². The van der Waals surface area contributed by atoms with Gasteiger partial charge in [-0.15, -0.1) is 0 Å². The van der Waals surface area contributed by atoms with Crippen molar-refractivity contribution in [3.8, 4) is 11.5 Å². The second-order valence-corrected chi connectivity index (χ2v) is 6.84. The average molecular weight is 404 g/mol. The predicted octanol–water partition coefficient (Wildman–Crippen LogP) is 3.55. The average Bonchev–Trinajstić information content (AvgIpc) is 3.04. The molecule has 3 amide bonds. The first kappa shape index (κ1) is 19.8. The van der Waals surface area contributed by atoms with E-state index >= 15 is 0 Å². The normalized spacial score (nSPS) is 13.6. The molecule has 8 heteroatoms. The lowest BCUT2D eigenvalue weighted by atomic mass is 10.2. The number of carbonyl (C=O) groups excluding carboxylic acids is 2. The van der Waals surface area contributed by atoms with Crippen molar-refractivity contribution >= 4 is 34.9 Å². The molecule has 0 saturated carbocycles. The minimum Gasteiger partial charge on any atom is -0.493 e. The molecule has 1 heterocycles. The van der Waals surface area contributed by atoms with Crippen LogP contribution in [-0.2, 0) is 4.79 Å². The van der Waals surface area contributed by atoms with Gasteiger partial charge in [-0.1, -0.05) is 17.7 Å². The van der Waals surface area contributed by atoms with E-state index in [0.29, 0.717) is 41.0 Å². The number of hydrogen-bond donors (Lipinski definition) is 1. The molecule has 7 nitrogen and oxygen atoms in total. The van der Waals surface area contributed by atoms with Crippen LogP contribution in [0.4, 0.5) is 16.2 Å². The summed E-state index contributed by atoms with van der Waals surface area (Å²) in [6.45, 7) is 2.78. The van der Waals surface area contributed by atoms with Gasteiger partial charge in [0.15, 0.2) is 11.5 Å². The quantitative estimate of drug-likeness (QED) is 0.800. The monoisotopic (exact) mass is 403 g/mol. The summed E-state index contributed by atoms with van der Waals surface area (Å²) in [5.41, 5.74) is 2.23. The Morgan fingerprint density at radius 1 is 1.11 bits per heavy atom. The van der Waals surface area contributed by atoms with Crippen molar-refractivity contribution in [1.29, 1.82) is 0 Å². The number of amides is 3. The summed E-state index contributed by atoms with van der Waals surface area (Å²) < 4.78 is 10.5. The van der Waals surface area contributed by atoms with Gasteiger partial charge in [-0.05, 0) is 36.8 Å². The number of urea groups is 1. The molecule has 2 aromatic carbocycles. The first-order valence-corrected chi connectivity index (χ1v) is 9.15. The minimum atomic E-state index is -0.270. The molecule has 1 aliphatic heterocycles. The van der Waals surface area contributed by atoms with Gasteiger partial charge in [0, 0.05) is 35.6 Å². The smallest absolute Gasteiger partial charge is 0.325 e. The summed E-state index contributed by atoms with van der Waals surface area (Å²) in [6.07, 6.45) is 0. The Labute approximate surface area is 168 Å². The molecule has 0 unspecified atom stereocenters. The number of ether oxygens (including phenoxy) is 2. The fourth-order valence-corrected chi connectivity index (χ4v) is 3.23. The van der Waals surface area contributed by atoms with Crippen LogP contribution in [0, 0.1) is 6.92 Å². The molecule has 0 spiro atoms. The highest BCUT2D eigenvalue weighted by atomic mass is 35.5. The third-order valence-corrected chi connectivity index (χ3v) is 4.82. The number of nitrogens with one attached hydrogen (secondary N) is 1. The third-order valence-electron chi connectivity index (χ3n) is 4.58. The van der Waals surface area contributed by atoms with E-state index in [9.17, 15) is 9.59 Å². The topological polar surface area (TPSA) is 71.1 Å². The maximum Gasteiger partial charge on any atom is 0.325 e. The number of aryl methyl sites for hydroxylation is 1. The van der Waals surface area contributed by atoms with Crippen molar-refractivity contribution in [2.75, 3.05) is 44.1 Å². The predicted molar refractivity (Wildman–Crippen MR) is 109 cm³/mol. The molecule has 1 saturated heterocycles. The number of nitrogens with zero attached hydrogens (tertiary/aromatic N) is 2. The maximum absolute atomic E-state index is 12.7. The van der Waals surface area contributed by atoms with Crippen LogP contribution in [-0.4, -0.2) is 50.7 Å². The van der Waals surface area contributed by atoms with E-state index < -0.39 is 0 Å². The lowest BCUT2D eigenvalue weighted by Crippen LogP contribution is -2.37. The second-order valence-electron chi connectivity index (χ2n) is 6.40. The van der Waals surface area contributed by atoms with Crippen molar-refractivity contribution < 1.29 is 19.1 Å². The maximum atomic E-state index is 12.7. The van der Waals surface area contributed by atoms with E-state index in [-0.39, 0.29) is 18.5 Å². The molecule has 0 aliphatic carbocycles. The Morgan fingerprint density at radius 2 is 1.86 bits per heavy atom. The van der Waals surface area contributed by atoms with Crippen molar-refractivity contribution in [3.05, 3.63) is 47.0 Å². The molecule has 0 atom stereocenters. The molecule has 1 N–H and O–H groups in total. The van der Waals surface area contributed by atoms with Crippen LogP contribution in [0.5, 0.6) is 11.5 Å². The number of halogens is 1. The number of benzene rings is 2.